The fraction of sp³-hybridized carbons (Fsp3) is 0.545. The third kappa shape index (κ3) is 2.59. The van der Waals surface area contributed by atoms with Gasteiger partial charge in [-0.25, -0.2) is 0 Å². The molecule has 0 N–H and O–H groups in total. The van der Waals surface area contributed by atoms with E-state index < -0.39 is 0 Å². The number of para-hydroxylation sites is 1. The molecule has 0 aliphatic carbocycles. The molecule has 0 saturated carbocycles. The average molecular weight is 367 g/mol. The van der Waals surface area contributed by atoms with Crippen LogP contribution >= 0.6 is 0 Å². The van der Waals surface area contributed by atoms with Crippen LogP contribution < -0.4 is 0 Å². The van der Waals surface area contributed by atoms with Crippen molar-refractivity contribution >= 4 is 22.7 Å². The summed E-state index contributed by atoms with van der Waals surface area (Å²) in [7, 11) is 1.98. The number of amides is 2. The molecule has 2 saturated heterocycles. The van der Waals surface area contributed by atoms with E-state index >= 15 is 0 Å². The maximum atomic E-state index is 13.4. The Bertz CT molecular complexity index is 929. The summed E-state index contributed by atoms with van der Waals surface area (Å²) in [6.45, 7) is 9.12. The molecule has 0 radical (unpaired) electrons. The Balaban J connectivity index is 1.63. The summed E-state index contributed by atoms with van der Waals surface area (Å²) in [5.41, 5.74) is 3.74. The molecule has 1 atom stereocenters. The zero-order chi connectivity index (χ0) is 19.3. The highest BCUT2D eigenvalue weighted by Crippen LogP contribution is 2.41. The number of aryl methyl sites for hydroxylation is 3. The summed E-state index contributed by atoms with van der Waals surface area (Å²) in [6.07, 6.45) is 2.65. The molecule has 1 unspecified atom stereocenters. The molecule has 2 aromatic rings. The Morgan fingerprint density at radius 3 is 2.63 bits per heavy atom. The van der Waals surface area contributed by atoms with Crippen molar-refractivity contribution in [3.05, 3.63) is 35.0 Å². The van der Waals surface area contributed by atoms with Crippen molar-refractivity contribution in [2.75, 3.05) is 26.2 Å². The topological polar surface area (TPSA) is 45.5 Å². The van der Waals surface area contributed by atoms with Gasteiger partial charge in [-0.3, -0.25) is 9.59 Å². The van der Waals surface area contributed by atoms with Gasteiger partial charge in [0.05, 0.1) is 10.9 Å². The lowest BCUT2D eigenvalue weighted by molar-refractivity contribution is -0.135. The van der Waals surface area contributed by atoms with Gasteiger partial charge in [0.15, 0.2) is 0 Å². The molecule has 1 spiro atoms. The summed E-state index contributed by atoms with van der Waals surface area (Å²) < 4.78 is 2.03. The van der Waals surface area contributed by atoms with Gasteiger partial charge in [-0.2, -0.15) is 0 Å². The minimum atomic E-state index is -0.348. The van der Waals surface area contributed by atoms with Crippen LogP contribution in [0.4, 0.5) is 0 Å². The number of fused-ring (bicyclic) bond motifs is 1. The fourth-order valence-corrected chi connectivity index (χ4v) is 5.15. The van der Waals surface area contributed by atoms with Crippen molar-refractivity contribution in [2.45, 2.75) is 40.0 Å². The van der Waals surface area contributed by atoms with Gasteiger partial charge in [-0.15, -0.1) is 0 Å². The SMILES string of the molecule is CCCN1CCC2(CCN(C(=O)c3c(C)c4cccc(C)c4n3C)C2)C1=O. The minimum absolute atomic E-state index is 0.0595. The normalized spacial score (nSPS) is 22.6. The number of carbonyl (C=O) groups excluding carboxylic acids is 2. The zero-order valence-corrected chi connectivity index (χ0v) is 16.8. The Kier molecular flexibility index (Phi) is 4.28. The fourth-order valence-electron chi connectivity index (χ4n) is 5.15. The van der Waals surface area contributed by atoms with Gasteiger partial charge in [0, 0.05) is 38.6 Å². The molecule has 2 fully saturated rings. The number of benzene rings is 1. The molecule has 5 nitrogen and oxygen atoms in total. The number of rotatable bonds is 3. The predicted octanol–water partition coefficient (Wildman–Crippen LogP) is 3.27. The molecular formula is C22H29N3O2. The third-order valence-electron chi connectivity index (χ3n) is 6.61. The van der Waals surface area contributed by atoms with Crippen LogP contribution in [0.25, 0.3) is 10.9 Å². The molecule has 2 amide bonds. The van der Waals surface area contributed by atoms with Crippen LogP contribution in [0.15, 0.2) is 18.2 Å². The van der Waals surface area contributed by atoms with E-state index in [2.05, 4.69) is 26.0 Å². The monoisotopic (exact) mass is 367 g/mol. The van der Waals surface area contributed by atoms with Crippen LogP contribution in [0, 0.1) is 19.3 Å². The molecule has 27 heavy (non-hydrogen) atoms. The maximum Gasteiger partial charge on any atom is 0.270 e. The molecule has 1 aromatic carbocycles. The largest absolute Gasteiger partial charge is 0.342 e. The van der Waals surface area contributed by atoms with Crippen LogP contribution in [-0.2, 0) is 11.8 Å². The van der Waals surface area contributed by atoms with Gasteiger partial charge >= 0.3 is 0 Å². The van der Waals surface area contributed by atoms with Gasteiger partial charge < -0.3 is 14.4 Å². The third-order valence-corrected chi connectivity index (χ3v) is 6.61. The summed E-state index contributed by atoms with van der Waals surface area (Å²) >= 11 is 0. The van der Waals surface area contributed by atoms with Crippen LogP contribution in [0.3, 0.4) is 0 Å². The van der Waals surface area contributed by atoms with Crippen molar-refractivity contribution in [2.24, 2.45) is 12.5 Å². The summed E-state index contributed by atoms with van der Waals surface area (Å²) in [4.78, 5) is 30.2. The van der Waals surface area contributed by atoms with E-state index in [1.165, 1.54) is 5.56 Å². The lowest BCUT2D eigenvalue weighted by Gasteiger charge is -2.24. The highest BCUT2D eigenvalue weighted by atomic mass is 16.2. The molecular weight excluding hydrogens is 338 g/mol. The van der Waals surface area contributed by atoms with Gasteiger partial charge in [-0.1, -0.05) is 25.1 Å². The van der Waals surface area contributed by atoms with Crippen LogP contribution in [0.5, 0.6) is 0 Å². The lowest BCUT2D eigenvalue weighted by atomic mass is 9.85. The predicted molar refractivity (Wildman–Crippen MR) is 107 cm³/mol. The van der Waals surface area contributed by atoms with Crippen LogP contribution in [0.1, 0.15) is 47.8 Å². The zero-order valence-electron chi connectivity index (χ0n) is 16.8. The smallest absolute Gasteiger partial charge is 0.270 e. The number of nitrogens with zero attached hydrogens (tertiary/aromatic N) is 3. The van der Waals surface area contributed by atoms with Crippen molar-refractivity contribution in [1.29, 1.82) is 0 Å². The van der Waals surface area contributed by atoms with E-state index in [0.717, 1.165) is 54.5 Å². The average Bonchev–Trinajstić information content (AvgIpc) is 3.28. The van der Waals surface area contributed by atoms with Gasteiger partial charge in [0.2, 0.25) is 5.91 Å². The van der Waals surface area contributed by atoms with E-state index in [-0.39, 0.29) is 17.2 Å². The highest BCUT2D eigenvalue weighted by molar-refractivity contribution is 6.02. The number of hydrogen-bond acceptors (Lipinski definition) is 2. The molecule has 0 bridgehead atoms. The summed E-state index contributed by atoms with van der Waals surface area (Å²) in [6, 6.07) is 6.21. The second-order valence-corrected chi connectivity index (χ2v) is 8.30. The van der Waals surface area contributed by atoms with Crippen molar-refractivity contribution in [1.82, 2.24) is 14.4 Å². The molecule has 144 valence electrons. The Labute approximate surface area is 160 Å². The first-order valence-electron chi connectivity index (χ1n) is 10.0. The number of likely N-dealkylation sites (tertiary alicyclic amines) is 2. The van der Waals surface area contributed by atoms with Crippen molar-refractivity contribution < 1.29 is 9.59 Å². The van der Waals surface area contributed by atoms with Crippen molar-refractivity contribution in [3.8, 4) is 0 Å². The number of carbonyl (C=O) groups is 2. The second kappa shape index (κ2) is 6.39. The summed E-state index contributed by atoms with van der Waals surface area (Å²) in [5, 5.41) is 1.14. The molecule has 3 heterocycles. The van der Waals surface area contributed by atoms with E-state index in [1.54, 1.807) is 0 Å². The number of aromatic nitrogens is 1. The Morgan fingerprint density at radius 1 is 1.19 bits per heavy atom. The second-order valence-electron chi connectivity index (χ2n) is 8.30. The number of hydrogen-bond donors (Lipinski definition) is 0. The summed E-state index contributed by atoms with van der Waals surface area (Å²) in [5.74, 6) is 0.313. The quantitative estimate of drug-likeness (QED) is 0.836. The standard InChI is InChI=1S/C22H29N3O2/c1-5-11-24-12-9-22(21(24)27)10-13-25(14-22)20(26)19-16(3)17-8-6-7-15(2)18(17)23(19)4/h6-8H,5,9-14H2,1-4H3. The first kappa shape index (κ1) is 18.1. The van der Waals surface area contributed by atoms with Gasteiger partial charge in [0.25, 0.3) is 5.91 Å². The Morgan fingerprint density at radius 2 is 1.93 bits per heavy atom. The van der Waals surface area contributed by atoms with Crippen molar-refractivity contribution in [3.63, 3.8) is 0 Å². The first-order valence-corrected chi connectivity index (χ1v) is 10.0. The molecule has 2 aliphatic rings. The van der Waals surface area contributed by atoms with Crippen LogP contribution in [0.2, 0.25) is 0 Å². The molecule has 5 heteroatoms. The van der Waals surface area contributed by atoms with Gasteiger partial charge in [-0.05, 0) is 44.2 Å². The van der Waals surface area contributed by atoms with E-state index in [0.29, 0.717) is 13.1 Å². The molecule has 2 aliphatic heterocycles. The molecule has 4 rings (SSSR count). The van der Waals surface area contributed by atoms with Gasteiger partial charge in [0.1, 0.15) is 5.69 Å². The lowest BCUT2D eigenvalue weighted by Crippen LogP contribution is -2.39. The van der Waals surface area contributed by atoms with Crippen LogP contribution in [-0.4, -0.2) is 52.4 Å². The Hall–Kier alpha value is -2.30. The molecule has 1 aromatic heterocycles. The van der Waals surface area contributed by atoms with E-state index in [4.69, 9.17) is 0 Å². The maximum absolute atomic E-state index is 13.4. The van der Waals surface area contributed by atoms with E-state index in [9.17, 15) is 9.59 Å². The first-order chi connectivity index (χ1) is 12.9. The van der Waals surface area contributed by atoms with E-state index in [1.807, 2.05) is 34.4 Å². The minimum Gasteiger partial charge on any atom is -0.342 e. The highest BCUT2D eigenvalue weighted by Gasteiger charge is 2.51.